The molecule has 23 heavy (non-hydrogen) atoms. The van der Waals surface area contributed by atoms with Crippen molar-refractivity contribution < 1.29 is 4.79 Å². The van der Waals surface area contributed by atoms with Gasteiger partial charge in [0.1, 0.15) is 0 Å². The highest BCUT2D eigenvalue weighted by molar-refractivity contribution is 6.07. The zero-order valence-corrected chi connectivity index (χ0v) is 13.3. The minimum atomic E-state index is -0.0602. The minimum absolute atomic E-state index is 0.0602. The molecule has 0 aliphatic rings. The zero-order chi connectivity index (χ0) is 16.2. The largest absolute Gasteiger partial charge is 0.352 e. The summed E-state index contributed by atoms with van der Waals surface area (Å²) in [6, 6.07) is 11.6. The first kappa shape index (κ1) is 15.2. The van der Waals surface area contributed by atoms with Gasteiger partial charge in [-0.1, -0.05) is 18.6 Å². The van der Waals surface area contributed by atoms with Crippen molar-refractivity contribution in [2.45, 2.75) is 20.3 Å². The van der Waals surface area contributed by atoms with Crippen LogP contribution < -0.4 is 5.32 Å². The highest BCUT2D eigenvalue weighted by Crippen LogP contribution is 2.25. The van der Waals surface area contributed by atoms with Crippen molar-refractivity contribution in [3.8, 4) is 11.3 Å². The molecule has 0 fully saturated rings. The van der Waals surface area contributed by atoms with Crippen LogP contribution in [0.2, 0.25) is 0 Å². The average molecular weight is 305 g/mol. The highest BCUT2D eigenvalue weighted by atomic mass is 16.1. The van der Waals surface area contributed by atoms with Gasteiger partial charge in [0.15, 0.2) is 0 Å². The van der Waals surface area contributed by atoms with Crippen LogP contribution in [-0.4, -0.2) is 22.4 Å². The summed E-state index contributed by atoms with van der Waals surface area (Å²) in [7, 11) is 0. The van der Waals surface area contributed by atoms with Gasteiger partial charge in [-0.3, -0.25) is 9.78 Å². The molecule has 1 N–H and O–H groups in total. The van der Waals surface area contributed by atoms with Gasteiger partial charge in [-0.2, -0.15) is 0 Å². The predicted molar refractivity (Wildman–Crippen MR) is 92.3 cm³/mol. The van der Waals surface area contributed by atoms with E-state index in [2.05, 4.69) is 15.3 Å². The van der Waals surface area contributed by atoms with Gasteiger partial charge in [-0.25, -0.2) is 4.98 Å². The molecule has 2 heterocycles. The fourth-order valence-electron chi connectivity index (χ4n) is 2.52. The molecular formula is C19H19N3O. The summed E-state index contributed by atoms with van der Waals surface area (Å²) in [5.41, 5.74) is 4.25. The molecule has 0 spiro atoms. The molecule has 2 aromatic heterocycles. The smallest absolute Gasteiger partial charge is 0.252 e. The highest BCUT2D eigenvalue weighted by Gasteiger charge is 2.14. The van der Waals surface area contributed by atoms with Crippen LogP contribution >= 0.6 is 0 Å². The first-order valence-corrected chi connectivity index (χ1v) is 7.79. The van der Waals surface area contributed by atoms with Crippen molar-refractivity contribution in [3.63, 3.8) is 0 Å². The van der Waals surface area contributed by atoms with Gasteiger partial charge >= 0.3 is 0 Å². The number of hydrogen-bond donors (Lipinski definition) is 1. The van der Waals surface area contributed by atoms with Crippen LogP contribution in [0.5, 0.6) is 0 Å². The standard InChI is InChI=1S/C19H19N3O/c1-3-8-21-19(23)16-11-18(14-5-4-9-20-12-14)22-17-7-6-13(2)10-15(16)17/h4-7,9-12H,3,8H2,1-2H3,(H,21,23). The van der Waals surface area contributed by atoms with E-state index >= 15 is 0 Å². The van der Waals surface area contributed by atoms with Gasteiger partial charge < -0.3 is 5.32 Å². The van der Waals surface area contributed by atoms with Crippen molar-refractivity contribution in [2.24, 2.45) is 0 Å². The second kappa shape index (κ2) is 6.57. The van der Waals surface area contributed by atoms with Crippen molar-refractivity contribution in [3.05, 3.63) is 59.9 Å². The number of pyridine rings is 2. The van der Waals surface area contributed by atoms with E-state index < -0.39 is 0 Å². The summed E-state index contributed by atoms with van der Waals surface area (Å²) in [5, 5.41) is 3.84. The van der Waals surface area contributed by atoms with Crippen LogP contribution in [0.1, 0.15) is 29.3 Å². The number of carbonyl (C=O) groups excluding carboxylic acids is 1. The van der Waals surface area contributed by atoms with E-state index in [1.165, 1.54) is 0 Å². The summed E-state index contributed by atoms with van der Waals surface area (Å²) >= 11 is 0. The average Bonchev–Trinajstić information content (AvgIpc) is 2.59. The molecule has 1 amide bonds. The number of hydrogen-bond acceptors (Lipinski definition) is 3. The lowest BCUT2D eigenvalue weighted by atomic mass is 10.0. The third-order valence-electron chi connectivity index (χ3n) is 3.70. The monoisotopic (exact) mass is 305 g/mol. The number of carbonyl (C=O) groups is 1. The second-order valence-corrected chi connectivity index (χ2v) is 5.57. The van der Waals surface area contributed by atoms with Crippen LogP contribution in [0.15, 0.2) is 48.8 Å². The fourth-order valence-corrected chi connectivity index (χ4v) is 2.52. The lowest BCUT2D eigenvalue weighted by molar-refractivity contribution is 0.0955. The van der Waals surface area contributed by atoms with E-state index in [4.69, 9.17) is 0 Å². The van der Waals surface area contributed by atoms with E-state index in [1.54, 1.807) is 12.4 Å². The number of nitrogens with one attached hydrogen (secondary N) is 1. The van der Waals surface area contributed by atoms with Crippen LogP contribution in [0.4, 0.5) is 0 Å². The SMILES string of the molecule is CCCNC(=O)c1cc(-c2cccnc2)nc2ccc(C)cc12. The van der Waals surface area contributed by atoms with Crippen LogP contribution in [0, 0.1) is 6.92 Å². The Labute approximate surface area is 135 Å². The van der Waals surface area contributed by atoms with Gasteiger partial charge in [0.2, 0.25) is 0 Å². The lowest BCUT2D eigenvalue weighted by Crippen LogP contribution is -2.24. The summed E-state index contributed by atoms with van der Waals surface area (Å²) in [6.45, 7) is 4.72. The molecule has 0 saturated heterocycles. The van der Waals surface area contributed by atoms with E-state index in [-0.39, 0.29) is 5.91 Å². The molecule has 4 nitrogen and oxygen atoms in total. The minimum Gasteiger partial charge on any atom is -0.352 e. The Balaban J connectivity index is 2.18. The number of nitrogens with zero attached hydrogens (tertiary/aromatic N) is 2. The first-order chi connectivity index (χ1) is 11.2. The second-order valence-electron chi connectivity index (χ2n) is 5.57. The quantitative estimate of drug-likeness (QED) is 0.798. The lowest BCUT2D eigenvalue weighted by Gasteiger charge is -2.11. The van der Waals surface area contributed by atoms with E-state index in [1.807, 2.05) is 50.2 Å². The Morgan fingerprint density at radius 3 is 2.83 bits per heavy atom. The van der Waals surface area contributed by atoms with Crippen molar-refractivity contribution in [2.75, 3.05) is 6.54 Å². The molecule has 1 aromatic carbocycles. The van der Waals surface area contributed by atoms with Gasteiger partial charge in [0.25, 0.3) is 5.91 Å². The molecule has 0 saturated carbocycles. The van der Waals surface area contributed by atoms with E-state index in [0.717, 1.165) is 34.1 Å². The van der Waals surface area contributed by atoms with Gasteiger partial charge in [-0.15, -0.1) is 0 Å². The van der Waals surface area contributed by atoms with Crippen molar-refractivity contribution in [1.29, 1.82) is 0 Å². The third-order valence-corrected chi connectivity index (χ3v) is 3.70. The van der Waals surface area contributed by atoms with Crippen LogP contribution in [0.3, 0.4) is 0 Å². The summed E-state index contributed by atoms with van der Waals surface area (Å²) in [6.07, 6.45) is 4.39. The molecule has 3 aromatic rings. The number of amides is 1. The maximum Gasteiger partial charge on any atom is 0.252 e. The maximum atomic E-state index is 12.6. The predicted octanol–water partition coefficient (Wildman–Crippen LogP) is 3.75. The molecule has 0 atom stereocenters. The Hall–Kier alpha value is -2.75. The number of fused-ring (bicyclic) bond motifs is 1. The van der Waals surface area contributed by atoms with E-state index in [9.17, 15) is 4.79 Å². The molecule has 0 aliphatic heterocycles. The summed E-state index contributed by atoms with van der Waals surface area (Å²) in [4.78, 5) is 21.4. The van der Waals surface area contributed by atoms with Gasteiger partial charge in [-0.05, 0) is 43.7 Å². The molecule has 0 aliphatic carbocycles. The normalized spacial score (nSPS) is 10.7. The number of aromatic nitrogens is 2. The van der Waals surface area contributed by atoms with Gasteiger partial charge in [0, 0.05) is 29.9 Å². The zero-order valence-electron chi connectivity index (χ0n) is 13.3. The number of aryl methyl sites for hydroxylation is 1. The third kappa shape index (κ3) is 3.21. The molecule has 4 heteroatoms. The Morgan fingerprint density at radius 2 is 2.09 bits per heavy atom. The summed E-state index contributed by atoms with van der Waals surface area (Å²) in [5.74, 6) is -0.0602. The molecule has 116 valence electrons. The Bertz CT molecular complexity index is 844. The van der Waals surface area contributed by atoms with Gasteiger partial charge in [0.05, 0.1) is 16.8 Å². The molecule has 0 unspecified atom stereocenters. The summed E-state index contributed by atoms with van der Waals surface area (Å²) < 4.78 is 0. The Kier molecular flexibility index (Phi) is 4.33. The number of benzene rings is 1. The first-order valence-electron chi connectivity index (χ1n) is 7.79. The maximum absolute atomic E-state index is 12.6. The fraction of sp³-hybridized carbons (Fsp3) is 0.211. The topological polar surface area (TPSA) is 54.9 Å². The molecular weight excluding hydrogens is 286 g/mol. The Morgan fingerprint density at radius 1 is 1.22 bits per heavy atom. The van der Waals surface area contributed by atoms with Crippen LogP contribution in [-0.2, 0) is 0 Å². The van der Waals surface area contributed by atoms with Crippen molar-refractivity contribution in [1.82, 2.24) is 15.3 Å². The van der Waals surface area contributed by atoms with Crippen LogP contribution in [0.25, 0.3) is 22.2 Å². The van der Waals surface area contributed by atoms with Crippen molar-refractivity contribution >= 4 is 16.8 Å². The molecule has 0 bridgehead atoms. The number of rotatable bonds is 4. The molecule has 0 radical (unpaired) electrons. The van der Waals surface area contributed by atoms with E-state index in [0.29, 0.717) is 12.1 Å². The molecule has 3 rings (SSSR count).